The zero-order valence-electron chi connectivity index (χ0n) is 14.8. The largest absolute Gasteiger partial charge is 0.439 e. The van der Waals surface area contributed by atoms with Gasteiger partial charge in [0.25, 0.3) is 5.91 Å². The second-order valence-corrected chi connectivity index (χ2v) is 5.84. The molecule has 0 unspecified atom stereocenters. The minimum atomic E-state index is -0.394. The van der Waals surface area contributed by atoms with E-state index in [0.29, 0.717) is 29.4 Å². The van der Waals surface area contributed by atoms with Gasteiger partial charge in [0.15, 0.2) is 0 Å². The second-order valence-electron chi connectivity index (χ2n) is 5.84. The minimum Gasteiger partial charge on any atom is -0.439 e. The summed E-state index contributed by atoms with van der Waals surface area (Å²) in [7, 11) is 1.61. The van der Waals surface area contributed by atoms with Crippen molar-refractivity contribution in [1.82, 2.24) is 10.3 Å². The molecular weight excluding hydrogens is 347 g/mol. The van der Waals surface area contributed by atoms with E-state index in [1.165, 1.54) is 12.1 Å². The number of carbonyl (C=O) groups is 1. The first-order valence-corrected chi connectivity index (χ1v) is 8.39. The molecule has 3 rings (SSSR count). The molecule has 0 spiro atoms. The number of amides is 1. The molecule has 1 N–H and O–H groups in total. The summed E-state index contributed by atoms with van der Waals surface area (Å²) in [4.78, 5) is 16.6. The lowest BCUT2D eigenvalue weighted by molar-refractivity contribution is 0.0950. The number of ether oxygens (including phenoxy) is 2. The fourth-order valence-electron chi connectivity index (χ4n) is 2.54. The molecule has 0 bridgehead atoms. The van der Waals surface area contributed by atoms with Gasteiger partial charge in [0.05, 0.1) is 6.61 Å². The Balaban J connectivity index is 1.69. The second kappa shape index (κ2) is 8.91. The molecule has 0 fully saturated rings. The molecule has 1 amide bonds. The maximum atomic E-state index is 13.3. The molecule has 0 radical (unpaired) electrons. The van der Waals surface area contributed by atoms with E-state index in [1.807, 2.05) is 12.1 Å². The van der Waals surface area contributed by atoms with E-state index in [2.05, 4.69) is 10.3 Å². The van der Waals surface area contributed by atoms with Crippen LogP contribution < -0.4 is 10.1 Å². The van der Waals surface area contributed by atoms with Crippen molar-refractivity contribution in [3.05, 3.63) is 89.4 Å². The highest BCUT2D eigenvalue weighted by Crippen LogP contribution is 2.23. The van der Waals surface area contributed by atoms with E-state index in [9.17, 15) is 9.18 Å². The molecule has 0 saturated carbocycles. The molecule has 2 aromatic carbocycles. The van der Waals surface area contributed by atoms with Gasteiger partial charge in [-0.15, -0.1) is 0 Å². The van der Waals surface area contributed by atoms with Crippen LogP contribution >= 0.6 is 0 Å². The standard InChI is InChI=1S/C21H19FN2O3/c1-26-14-15-5-2-6-16(11-15)20(25)24-13-17-7-4-10-23-21(17)27-19-9-3-8-18(22)12-19/h2-12H,13-14H2,1H3,(H,24,25). The van der Waals surface area contributed by atoms with E-state index in [0.717, 1.165) is 5.56 Å². The van der Waals surface area contributed by atoms with Gasteiger partial charge in [0.2, 0.25) is 5.88 Å². The predicted molar refractivity (Wildman–Crippen MR) is 99.0 cm³/mol. The summed E-state index contributed by atoms with van der Waals surface area (Å²) in [6, 6.07) is 16.6. The molecule has 27 heavy (non-hydrogen) atoms. The van der Waals surface area contributed by atoms with Crippen LogP contribution in [0.4, 0.5) is 4.39 Å². The van der Waals surface area contributed by atoms with Crippen molar-refractivity contribution in [2.24, 2.45) is 0 Å². The Bertz CT molecular complexity index is 931. The summed E-state index contributed by atoms with van der Waals surface area (Å²) in [5.74, 6) is 0.0489. The molecule has 0 atom stereocenters. The lowest BCUT2D eigenvalue weighted by Crippen LogP contribution is -2.23. The SMILES string of the molecule is COCc1cccc(C(=O)NCc2cccnc2Oc2cccc(F)c2)c1. The third-order valence-corrected chi connectivity index (χ3v) is 3.80. The summed E-state index contributed by atoms with van der Waals surface area (Å²) < 4.78 is 24.1. The maximum Gasteiger partial charge on any atom is 0.251 e. The number of pyridine rings is 1. The number of rotatable bonds is 7. The fraction of sp³-hybridized carbons (Fsp3) is 0.143. The molecule has 3 aromatic rings. The Morgan fingerprint density at radius 2 is 1.96 bits per heavy atom. The number of benzene rings is 2. The number of nitrogens with one attached hydrogen (secondary N) is 1. The number of aromatic nitrogens is 1. The molecule has 138 valence electrons. The van der Waals surface area contributed by atoms with Crippen LogP contribution in [0.2, 0.25) is 0 Å². The molecule has 0 saturated heterocycles. The van der Waals surface area contributed by atoms with E-state index in [-0.39, 0.29) is 12.5 Å². The topological polar surface area (TPSA) is 60.5 Å². The first-order valence-electron chi connectivity index (χ1n) is 8.39. The number of hydrogen-bond acceptors (Lipinski definition) is 4. The average Bonchev–Trinajstić information content (AvgIpc) is 2.67. The average molecular weight is 366 g/mol. The highest BCUT2D eigenvalue weighted by Gasteiger charge is 2.10. The lowest BCUT2D eigenvalue weighted by atomic mass is 10.1. The lowest BCUT2D eigenvalue weighted by Gasteiger charge is -2.11. The summed E-state index contributed by atoms with van der Waals surface area (Å²) in [6.07, 6.45) is 1.58. The normalized spacial score (nSPS) is 10.4. The summed E-state index contributed by atoms with van der Waals surface area (Å²) in [6.45, 7) is 0.668. The Kier molecular flexibility index (Phi) is 6.12. The molecule has 0 aliphatic carbocycles. The molecule has 1 aromatic heterocycles. The summed E-state index contributed by atoms with van der Waals surface area (Å²) >= 11 is 0. The summed E-state index contributed by atoms with van der Waals surface area (Å²) in [5.41, 5.74) is 2.14. The summed E-state index contributed by atoms with van der Waals surface area (Å²) in [5, 5.41) is 2.85. The third-order valence-electron chi connectivity index (χ3n) is 3.80. The van der Waals surface area contributed by atoms with Gasteiger partial charge < -0.3 is 14.8 Å². The molecule has 5 nitrogen and oxygen atoms in total. The quantitative estimate of drug-likeness (QED) is 0.684. The van der Waals surface area contributed by atoms with Crippen LogP contribution in [0.15, 0.2) is 66.9 Å². The number of hydrogen-bond donors (Lipinski definition) is 1. The smallest absolute Gasteiger partial charge is 0.251 e. The number of halogens is 1. The monoisotopic (exact) mass is 366 g/mol. The van der Waals surface area contributed by atoms with Crippen LogP contribution in [-0.2, 0) is 17.9 Å². The highest BCUT2D eigenvalue weighted by atomic mass is 19.1. The number of carbonyl (C=O) groups excluding carboxylic acids is 1. The minimum absolute atomic E-state index is 0.214. The Labute approximate surface area is 156 Å². The van der Waals surface area contributed by atoms with Gasteiger partial charge in [-0.2, -0.15) is 0 Å². The van der Waals surface area contributed by atoms with Crippen molar-refractivity contribution < 1.29 is 18.7 Å². The van der Waals surface area contributed by atoms with Crippen molar-refractivity contribution in [1.29, 1.82) is 0 Å². The van der Waals surface area contributed by atoms with Crippen LogP contribution in [-0.4, -0.2) is 18.0 Å². The van der Waals surface area contributed by atoms with Crippen molar-refractivity contribution in [3.63, 3.8) is 0 Å². The van der Waals surface area contributed by atoms with Gasteiger partial charge in [0, 0.05) is 37.0 Å². The van der Waals surface area contributed by atoms with Crippen LogP contribution in [0.3, 0.4) is 0 Å². The fourth-order valence-corrected chi connectivity index (χ4v) is 2.54. The van der Waals surface area contributed by atoms with Gasteiger partial charge in [-0.05, 0) is 35.9 Å². The molecule has 0 aliphatic rings. The number of methoxy groups -OCH3 is 1. The van der Waals surface area contributed by atoms with Crippen LogP contribution in [0.25, 0.3) is 0 Å². The molecular formula is C21H19FN2O3. The van der Waals surface area contributed by atoms with Crippen molar-refractivity contribution in [3.8, 4) is 11.6 Å². The van der Waals surface area contributed by atoms with Crippen LogP contribution in [0.1, 0.15) is 21.5 Å². The van der Waals surface area contributed by atoms with Crippen molar-refractivity contribution >= 4 is 5.91 Å². The zero-order valence-corrected chi connectivity index (χ0v) is 14.8. The molecule has 1 heterocycles. The number of nitrogens with zero attached hydrogens (tertiary/aromatic N) is 1. The van der Waals surface area contributed by atoms with Crippen LogP contribution in [0, 0.1) is 5.82 Å². The van der Waals surface area contributed by atoms with E-state index >= 15 is 0 Å². The van der Waals surface area contributed by atoms with Crippen molar-refractivity contribution in [2.75, 3.05) is 7.11 Å². The first kappa shape index (κ1) is 18.5. The first-order chi connectivity index (χ1) is 13.2. The van der Waals surface area contributed by atoms with Gasteiger partial charge in [0.1, 0.15) is 11.6 Å². The molecule has 6 heteroatoms. The Hall–Kier alpha value is -3.25. The Morgan fingerprint density at radius 3 is 2.78 bits per heavy atom. The van der Waals surface area contributed by atoms with Gasteiger partial charge in [-0.25, -0.2) is 9.37 Å². The van der Waals surface area contributed by atoms with Crippen molar-refractivity contribution in [2.45, 2.75) is 13.2 Å². The predicted octanol–water partition coefficient (Wildman–Crippen LogP) is 4.09. The Morgan fingerprint density at radius 1 is 1.11 bits per heavy atom. The van der Waals surface area contributed by atoms with E-state index < -0.39 is 5.82 Å². The van der Waals surface area contributed by atoms with Gasteiger partial charge >= 0.3 is 0 Å². The van der Waals surface area contributed by atoms with E-state index in [4.69, 9.17) is 9.47 Å². The van der Waals surface area contributed by atoms with E-state index in [1.54, 1.807) is 49.7 Å². The van der Waals surface area contributed by atoms with Crippen LogP contribution in [0.5, 0.6) is 11.6 Å². The maximum absolute atomic E-state index is 13.3. The zero-order chi connectivity index (χ0) is 19.1. The highest BCUT2D eigenvalue weighted by molar-refractivity contribution is 5.94. The third kappa shape index (κ3) is 5.12. The van der Waals surface area contributed by atoms with Gasteiger partial charge in [-0.1, -0.05) is 24.3 Å². The molecule has 0 aliphatic heterocycles. The van der Waals surface area contributed by atoms with Gasteiger partial charge in [-0.3, -0.25) is 4.79 Å².